The third-order valence-electron chi connectivity index (χ3n) is 5.98. The van der Waals surface area contributed by atoms with Crippen molar-refractivity contribution in [3.8, 4) is 11.5 Å². The summed E-state index contributed by atoms with van der Waals surface area (Å²) in [6.45, 7) is 0. The van der Waals surface area contributed by atoms with Crippen LogP contribution in [0.3, 0.4) is 0 Å². The Balaban J connectivity index is 0.00000600. The van der Waals surface area contributed by atoms with Crippen molar-refractivity contribution >= 4 is 67.1 Å². The summed E-state index contributed by atoms with van der Waals surface area (Å²) in [5, 5.41) is 52.8. The van der Waals surface area contributed by atoms with E-state index in [9.17, 15) is 45.7 Å². The molecule has 0 bridgehead atoms. The van der Waals surface area contributed by atoms with Crippen molar-refractivity contribution in [2.45, 2.75) is 9.79 Å². The van der Waals surface area contributed by atoms with Gasteiger partial charge in [-0.25, -0.2) is 9.59 Å². The average molecular weight is 692 g/mol. The van der Waals surface area contributed by atoms with E-state index in [1.54, 1.807) is 0 Å². The van der Waals surface area contributed by atoms with E-state index >= 15 is 0 Å². The summed E-state index contributed by atoms with van der Waals surface area (Å²) in [6.07, 6.45) is 2.27. The molecular formula is C28H20N4NaO12S2+. The molecule has 16 nitrogen and oxygen atoms in total. The van der Waals surface area contributed by atoms with Crippen molar-refractivity contribution in [2.75, 3.05) is 0 Å². The number of azo groups is 2. The molecule has 0 atom stereocenters. The van der Waals surface area contributed by atoms with Crippen molar-refractivity contribution in [3.05, 3.63) is 95.1 Å². The SMILES string of the molecule is O=C(O)c1cc(N=Nc2ccc(/C=C/c3ccc(N=Nc4ccc(O)c(C(=O)O)c4)cc3S(=O)(=O)O)c(S(=O)(=O)O)c2)ccc1O.[Na+]. The minimum absolute atomic E-state index is 0. The van der Waals surface area contributed by atoms with Gasteiger partial charge in [0.15, 0.2) is 0 Å². The molecule has 4 rings (SSSR count). The zero-order valence-electron chi connectivity index (χ0n) is 23.8. The number of aromatic hydroxyl groups is 2. The van der Waals surface area contributed by atoms with Crippen LogP contribution in [-0.4, -0.2) is 58.3 Å². The van der Waals surface area contributed by atoms with Gasteiger partial charge in [-0.2, -0.15) is 37.3 Å². The van der Waals surface area contributed by atoms with Gasteiger partial charge in [-0.15, -0.1) is 0 Å². The number of hydrogen-bond acceptors (Lipinski definition) is 12. The maximum atomic E-state index is 12.1. The first-order valence-corrected chi connectivity index (χ1v) is 15.3. The first kappa shape index (κ1) is 36.6. The van der Waals surface area contributed by atoms with E-state index < -0.39 is 64.6 Å². The number of hydrogen-bond donors (Lipinski definition) is 6. The third-order valence-corrected chi connectivity index (χ3v) is 7.79. The molecule has 4 aromatic carbocycles. The zero-order chi connectivity index (χ0) is 33.8. The number of phenols is 2. The fourth-order valence-electron chi connectivity index (χ4n) is 3.82. The molecule has 0 spiro atoms. The van der Waals surface area contributed by atoms with Gasteiger partial charge in [-0.1, -0.05) is 24.3 Å². The molecular weight excluding hydrogens is 671 g/mol. The molecule has 236 valence electrons. The normalized spacial score (nSPS) is 12.0. The topological polar surface area (TPSA) is 273 Å². The van der Waals surface area contributed by atoms with Crippen LogP contribution < -0.4 is 29.6 Å². The van der Waals surface area contributed by atoms with Crippen LogP contribution in [0.25, 0.3) is 12.2 Å². The molecule has 4 aromatic rings. The van der Waals surface area contributed by atoms with Gasteiger partial charge < -0.3 is 20.4 Å². The molecule has 0 aromatic heterocycles. The molecule has 0 saturated carbocycles. The van der Waals surface area contributed by atoms with Gasteiger partial charge in [-0.3, -0.25) is 9.11 Å². The van der Waals surface area contributed by atoms with E-state index in [1.807, 2.05) is 0 Å². The van der Waals surface area contributed by atoms with Gasteiger partial charge in [0.05, 0.1) is 22.7 Å². The van der Waals surface area contributed by atoms with E-state index in [4.69, 9.17) is 10.2 Å². The first-order chi connectivity index (χ1) is 21.5. The Morgan fingerprint density at radius 1 is 0.532 bits per heavy atom. The fourth-order valence-corrected chi connectivity index (χ4v) is 5.23. The van der Waals surface area contributed by atoms with Gasteiger partial charge in [0.1, 0.15) is 32.4 Å². The maximum absolute atomic E-state index is 12.1. The summed E-state index contributed by atoms with van der Waals surface area (Å²) >= 11 is 0. The van der Waals surface area contributed by atoms with Gasteiger partial charge in [0.25, 0.3) is 20.2 Å². The third kappa shape index (κ3) is 9.36. The Bertz CT molecular complexity index is 2050. The Kier molecular flexibility index (Phi) is 11.5. The fraction of sp³-hybridized carbons (Fsp3) is 0. The van der Waals surface area contributed by atoms with Crippen LogP contribution in [0.2, 0.25) is 0 Å². The van der Waals surface area contributed by atoms with E-state index in [0.29, 0.717) is 0 Å². The van der Waals surface area contributed by atoms with Gasteiger partial charge >= 0.3 is 41.5 Å². The van der Waals surface area contributed by atoms with Crippen molar-refractivity contribution in [1.29, 1.82) is 0 Å². The molecule has 0 fully saturated rings. The molecule has 6 N–H and O–H groups in total. The molecule has 0 aliphatic rings. The number of carboxylic acids is 2. The van der Waals surface area contributed by atoms with Gasteiger partial charge in [-0.05, 0) is 71.8 Å². The molecule has 47 heavy (non-hydrogen) atoms. The largest absolute Gasteiger partial charge is 1.00 e. The number of aromatic carboxylic acids is 2. The van der Waals surface area contributed by atoms with E-state index in [2.05, 4.69) is 20.5 Å². The van der Waals surface area contributed by atoms with Crippen LogP contribution in [-0.2, 0) is 20.2 Å². The average Bonchev–Trinajstić information content (AvgIpc) is 2.98. The Morgan fingerprint density at radius 3 is 1.13 bits per heavy atom. The number of carboxylic acid groups (broad SMARTS) is 2. The molecule has 19 heteroatoms. The van der Waals surface area contributed by atoms with Crippen LogP contribution >= 0.6 is 0 Å². The molecule has 0 unspecified atom stereocenters. The van der Waals surface area contributed by atoms with E-state index in [1.165, 1.54) is 36.4 Å². The predicted molar refractivity (Wildman–Crippen MR) is 160 cm³/mol. The number of nitrogens with zero attached hydrogens (tertiary/aromatic N) is 4. The van der Waals surface area contributed by atoms with E-state index in [-0.39, 0.29) is 63.4 Å². The molecule has 0 saturated heterocycles. The number of carbonyl (C=O) groups is 2. The van der Waals surface area contributed by atoms with Crippen molar-refractivity contribution in [2.24, 2.45) is 20.5 Å². The minimum atomic E-state index is -4.87. The first-order valence-electron chi connectivity index (χ1n) is 12.4. The second-order valence-electron chi connectivity index (χ2n) is 9.14. The van der Waals surface area contributed by atoms with Crippen LogP contribution in [0.15, 0.2) is 103 Å². The van der Waals surface area contributed by atoms with Crippen molar-refractivity contribution < 1.29 is 85.5 Å². The van der Waals surface area contributed by atoms with Crippen LogP contribution in [0.5, 0.6) is 11.5 Å². The quantitative estimate of drug-likeness (QED) is 0.0606. The molecule has 0 radical (unpaired) electrons. The maximum Gasteiger partial charge on any atom is 1.00 e. The molecule has 0 aliphatic heterocycles. The Hall–Kier alpha value is -4.82. The monoisotopic (exact) mass is 691 g/mol. The number of benzene rings is 4. The van der Waals surface area contributed by atoms with Crippen molar-refractivity contribution in [1.82, 2.24) is 0 Å². The second-order valence-corrected chi connectivity index (χ2v) is 11.9. The summed E-state index contributed by atoms with van der Waals surface area (Å²) in [6, 6.07) is 13.7. The van der Waals surface area contributed by atoms with E-state index in [0.717, 1.165) is 48.6 Å². The molecule has 0 heterocycles. The Morgan fingerprint density at radius 2 is 0.830 bits per heavy atom. The van der Waals surface area contributed by atoms with Crippen molar-refractivity contribution in [3.63, 3.8) is 0 Å². The summed E-state index contributed by atoms with van der Waals surface area (Å²) < 4.78 is 68.2. The molecule has 0 aliphatic carbocycles. The molecule has 0 amide bonds. The van der Waals surface area contributed by atoms with Crippen LogP contribution in [0, 0.1) is 0 Å². The summed E-state index contributed by atoms with van der Waals surface area (Å²) in [5.41, 5.74) is -1.25. The smallest absolute Gasteiger partial charge is 0.507 e. The summed E-state index contributed by atoms with van der Waals surface area (Å²) in [5.74, 6) is -3.84. The number of rotatable bonds is 10. The van der Waals surface area contributed by atoms with Crippen LogP contribution in [0.1, 0.15) is 31.8 Å². The van der Waals surface area contributed by atoms with Gasteiger partial charge in [0.2, 0.25) is 0 Å². The minimum Gasteiger partial charge on any atom is -0.507 e. The van der Waals surface area contributed by atoms with Gasteiger partial charge in [0, 0.05) is 0 Å². The standard InChI is InChI=1S/C28H20N4O12S2.Na/c33-23-9-7-17(11-21(23)27(35)36)29-31-19-5-3-15(25(13-19)45(39,40)41)1-2-16-4-6-20(14-26(16)46(42,43)44)32-30-18-8-10-24(34)22(12-18)28(37)38;/h1-14,33-34H,(H,35,36)(H,37,38)(H,39,40,41)(H,42,43,44);/q;+1/b2-1+,31-29?,32-30?;. The summed E-state index contributed by atoms with van der Waals surface area (Å²) in [4.78, 5) is 21.1. The van der Waals surface area contributed by atoms with Crippen LogP contribution in [0.4, 0.5) is 22.7 Å². The predicted octanol–water partition coefficient (Wildman–Crippen LogP) is 2.99. The zero-order valence-corrected chi connectivity index (χ0v) is 27.5. The Labute approximate surface area is 287 Å². The summed E-state index contributed by atoms with van der Waals surface area (Å²) in [7, 11) is -9.74. The second kappa shape index (κ2) is 14.7.